The van der Waals surface area contributed by atoms with Crippen molar-refractivity contribution in [1.82, 2.24) is 10.1 Å². The topological polar surface area (TPSA) is 59.2 Å². The highest BCUT2D eigenvalue weighted by Gasteiger charge is 2.35. The minimum absolute atomic E-state index is 0.138. The van der Waals surface area contributed by atoms with Gasteiger partial charge in [-0.25, -0.2) is 4.39 Å². The molecule has 0 saturated carbocycles. The van der Waals surface area contributed by atoms with Crippen LogP contribution in [0.15, 0.2) is 47.0 Å². The second-order valence-corrected chi connectivity index (χ2v) is 6.69. The van der Waals surface area contributed by atoms with Gasteiger partial charge in [-0.1, -0.05) is 28.9 Å². The Morgan fingerprint density at radius 2 is 1.96 bits per heavy atom. The summed E-state index contributed by atoms with van der Waals surface area (Å²) in [6.45, 7) is 4.20. The van der Waals surface area contributed by atoms with E-state index >= 15 is 0 Å². The number of rotatable bonds is 3. The number of anilines is 1. The van der Waals surface area contributed by atoms with Crippen LogP contribution in [0.5, 0.6) is 0 Å². The molecule has 5 nitrogen and oxygen atoms in total. The Labute approximate surface area is 150 Å². The Kier molecular flexibility index (Phi) is 4.03. The average molecular weight is 351 g/mol. The molecule has 2 heterocycles. The molecule has 1 amide bonds. The van der Waals surface area contributed by atoms with Crippen LogP contribution in [0.25, 0.3) is 11.5 Å². The zero-order chi connectivity index (χ0) is 18.3. The minimum atomic E-state index is -0.404. The van der Waals surface area contributed by atoms with Gasteiger partial charge in [-0.05, 0) is 43.7 Å². The van der Waals surface area contributed by atoms with Crippen molar-refractivity contribution in [2.45, 2.75) is 26.2 Å². The fourth-order valence-corrected chi connectivity index (χ4v) is 3.24. The van der Waals surface area contributed by atoms with Crippen LogP contribution in [0.2, 0.25) is 0 Å². The first kappa shape index (κ1) is 16.4. The van der Waals surface area contributed by atoms with Crippen LogP contribution in [0.4, 0.5) is 10.1 Å². The zero-order valence-electron chi connectivity index (χ0n) is 14.6. The highest BCUT2D eigenvalue weighted by Crippen LogP contribution is 2.33. The first-order chi connectivity index (χ1) is 12.5. The molecular formula is C20H18FN3O2. The van der Waals surface area contributed by atoms with E-state index in [9.17, 15) is 9.18 Å². The quantitative estimate of drug-likeness (QED) is 0.715. The number of carbonyl (C=O) groups is 1. The van der Waals surface area contributed by atoms with Gasteiger partial charge in [0.15, 0.2) is 5.82 Å². The SMILES string of the molecule is Cc1cccc(-c2nc(C3CC(=O)N(c4cc(C)ccc4F)C3)no2)c1. The average Bonchev–Trinajstić information content (AvgIpc) is 3.24. The maximum atomic E-state index is 14.1. The Hall–Kier alpha value is -3.02. The lowest BCUT2D eigenvalue weighted by Crippen LogP contribution is -2.25. The molecule has 3 aromatic rings. The van der Waals surface area contributed by atoms with Gasteiger partial charge in [0, 0.05) is 24.4 Å². The van der Waals surface area contributed by atoms with Crippen LogP contribution in [-0.4, -0.2) is 22.6 Å². The smallest absolute Gasteiger partial charge is 0.257 e. The number of halogens is 1. The van der Waals surface area contributed by atoms with Crippen molar-refractivity contribution in [3.63, 3.8) is 0 Å². The molecule has 1 aromatic heterocycles. The number of carbonyl (C=O) groups excluding carboxylic acids is 1. The van der Waals surface area contributed by atoms with Crippen LogP contribution in [-0.2, 0) is 4.79 Å². The standard InChI is InChI=1S/C20H18FN3O2/c1-12-4-3-5-14(8-12)20-22-19(23-26-20)15-10-18(25)24(11-15)17-9-13(2)6-7-16(17)21/h3-9,15H,10-11H2,1-2H3. The van der Waals surface area contributed by atoms with Crippen LogP contribution in [0.3, 0.4) is 0 Å². The van der Waals surface area contributed by atoms with E-state index in [0.717, 1.165) is 16.7 Å². The minimum Gasteiger partial charge on any atom is -0.334 e. The summed E-state index contributed by atoms with van der Waals surface area (Å²) in [6.07, 6.45) is 0.236. The van der Waals surface area contributed by atoms with Crippen molar-refractivity contribution < 1.29 is 13.7 Å². The van der Waals surface area contributed by atoms with Gasteiger partial charge in [-0.15, -0.1) is 0 Å². The molecule has 1 atom stereocenters. The van der Waals surface area contributed by atoms with E-state index in [4.69, 9.17) is 4.52 Å². The number of aromatic nitrogens is 2. The summed E-state index contributed by atoms with van der Waals surface area (Å²) in [5.74, 6) is 0.144. The second-order valence-electron chi connectivity index (χ2n) is 6.69. The molecule has 2 aromatic carbocycles. The molecule has 0 bridgehead atoms. The molecule has 1 aliphatic heterocycles. The van der Waals surface area contributed by atoms with E-state index in [1.165, 1.54) is 11.0 Å². The van der Waals surface area contributed by atoms with Gasteiger partial charge in [0.05, 0.1) is 5.69 Å². The van der Waals surface area contributed by atoms with Crippen LogP contribution in [0, 0.1) is 19.7 Å². The molecule has 26 heavy (non-hydrogen) atoms. The third-order valence-electron chi connectivity index (χ3n) is 4.59. The Bertz CT molecular complexity index is 983. The first-order valence-corrected chi connectivity index (χ1v) is 8.48. The monoisotopic (exact) mass is 351 g/mol. The Balaban J connectivity index is 1.59. The van der Waals surface area contributed by atoms with Crippen molar-refractivity contribution in [2.24, 2.45) is 0 Å². The molecule has 0 spiro atoms. The lowest BCUT2D eigenvalue weighted by molar-refractivity contribution is -0.117. The van der Waals surface area contributed by atoms with Gasteiger partial charge in [0.1, 0.15) is 5.82 Å². The van der Waals surface area contributed by atoms with E-state index in [2.05, 4.69) is 10.1 Å². The van der Waals surface area contributed by atoms with Crippen LogP contribution < -0.4 is 4.90 Å². The van der Waals surface area contributed by atoms with Crippen molar-refractivity contribution in [2.75, 3.05) is 11.4 Å². The third kappa shape index (κ3) is 2.98. The lowest BCUT2D eigenvalue weighted by Gasteiger charge is -2.17. The number of amides is 1. The maximum Gasteiger partial charge on any atom is 0.257 e. The van der Waals surface area contributed by atoms with Crippen molar-refractivity contribution >= 4 is 11.6 Å². The van der Waals surface area contributed by atoms with E-state index in [1.807, 2.05) is 38.1 Å². The highest BCUT2D eigenvalue weighted by atomic mass is 19.1. The van der Waals surface area contributed by atoms with E-state index in [1.54, 1.807) is 12.1 Å². The molecule has 4 rings (SSSR count). The predicted molar refractivity (Wildman–Crippen MR) is 95.3 cm³/mol. The first-order valence-electron chi connectivity index (χ1n) is 8.48. The van der Waals surface area contributed by atoms with Gasteiger partial charge in [-0.2, -0.15) is 4.98 Å². The molecule has 6 heteroatoms. The molecule has 1 fully saturated rings. The molecule has 1 saturated heterocycles. The summed E-state index contributed by atoms with van der Waals surface area (Å²) in [5, 5.41) is 4.05. The summed E-state index contributed by atoms with van der Waals surface area (Å²) in [7, 11) is 0. The largest absolute Gasteiger partial charge is 0.334 e. The third-order valence-corrected chi connectivity index (χ3v) is 4.59. The predicted octanol–water partition coefficient (Wildman–Crippen LogP) is 4.01. The summed E-state index contributed by atoms with van der Waals surface area (Å²) in [5.41, 5.74) is 3.15. The summed E-state index contributed by atoms with van der Waals surface area (Å²) in [6, 6.07) is 12.5. The summed E-state index contributed by atoms with van der Waals surface area (Å²) >= 11 is 0. The molecular weight excluding hydrogens is 333 g/mol. The van der Waals surface area contributed by atoms with Crippen LogP contribution in [0.1, 0.15) is 29.3 Å². The molecule has 0 N–H and O–H groups in total. The number of hydrogen-bond donors (Lipinski definition) is 0. The van der Waals surface area contributed by atoms with Gasteiger partial charge in [-0.3, -0.25) is 4.79 Å². The van der Waals surface area contributed by atoms with Gasteiger partial charge < -0.3 is 9.42 Å². The number of hydrogen-bond acceptors (Lipinski definition) is 4. The summed E-state index contributed by atoms with van der Waals surface area (Å²) < 4.78 is 19.5. The number of aryl methyl sites for hydroxylation is 2. The molecule has 132 valence electrons. The molecule has 0 aliphatic carbocycles. The molecule has 1 unspecified atom stereocenters. The van der Waals surface area contributed by atoms with Crippen molar-refractivity contribution in [3.8, 4) is 11.5 Å². The van der Waals surface area contributed by atoms with Crippen LogP contribution >= 0.6 is 0 Å². The maximum absolute atomic E-state index is 14.1. The van der Waals surface area contributed by atoms with E-state index in [0.29, 0.717) is 23.9 Å². The number of nitrogens with zero attached hydrogens (tertiary/aromatic N) is 3. The van der Waals surface area contributed by atoms with Crippen molar-refractivity contribution in [3.05, 3.63) is 65.2 Å². The normalized spacial score (nSPS) is 17.1. The number of benzene rings is 2. The van der Waals surface area contributed by atoms with Gasteiger partial charge in [0.2, 0.25) is 5.91 Å². The van der Waals surface area contributed by atoms with Gasteiger partial charge in [0.25, 0.3) is 5.89 Å². The molecule has 1 aliphatic rings. The van der Waals surface area contributed by atoms with Gasteiger partial charge >= 0.3 is 0 Å². The van der Waals surface area contributed by atoms with E-state index in [-0.39, 0.29) is 18.2 Å². The fraction of sp³-hybridized carbons (Fsp3) is 0.250. The molecule has 0 radical (unpaired) electrons. The van der Waals surface area contributed by atoms with E-state index < -0.39 is 5.82 Å². The zero-order valence-corrected chi connectivity index (χ0v) is 14.6. The van der Waals surface area contributed by atoms with Crippen molar-refractivity contribution in [1.29, 1.82) is 0 Å². The Morgan fingerprint density at radius 3 is 2.77 bits per heavy atom. The fourth-order valence-electron chi connectivity index (χ4n) is 3.24. The Morgan fingerprint density at radius 1 is 1.15 bits per heavy atom. The lowest BCUT2D eigenvalue weighted by atomic mass is 10.1. The second kappa shape index (κ2) is 6.37. The highest BCUT2D eigenvalue weighted by molar-refractivity contribution is 5.96. The summed E-state index contributed by atoms with van der Waals surface area (Å²) in [4.78, 5) is 18.3.